The molecule has 0 aliphatic carbocycles. The molecule has 0 bridgehead atoms. The van der Waals surface area contributed by atoms with Gasteiger partial charge in [-0.25, -0.2) is 0 Å². The van der Waals surface area contributed by atoms with E-state index in [9.17, 15) is 4.79 Å². The summed E-state index contributed by atoms with van der Waals surface area (Å²) in [7, 11) is 0. The molecule has 3 N–H and O–H groups in total. The molecule has 1 aromatic carbocycles. The highest BCUT2D eigenvalue weighted by Crippen LogP contribution is 2.23. The van der Waals surface area contributed by atoms with Gasteiger partial charge in [0.05, 0.1) is 0 Å². The van der Waals surface area contributed by atoms with Gasteiger partial charge in [-0.2, -0.15) is 0 Å². The predicted molar refractivity (Wildman–Crippen MR) is 78.0 cm³/mol. The van der Waals surface area contributed by atoms with Crippen molar-refractivity contribution in [1.29, 1.82) is 0 Å². The number of carbonyl (C=O) groups excluding carboxylic acids is 1. The lowest BCUT2D eigenvalue weighted by atomic mass is 9.96. The molecule has 0 radical (unpaired) electrons. The first kappa shape index (κ1) is 13.9. The molecule has 0 aromatic heterocycles. The Morgan fingerprint density at radius 3 is 2.79 bits per heavy atom. The van der Waals surface area contributed by atoms with Crippen LogP contribution in [0.3, 0.4) is 0 Å². The highest BCUT2D eigenvalue weighted by Gasteiger charge is 2.19. The highest BCUT2D eigenvalue weighted by molar-refractivity contribution is 5.72. The Morgan fingerprint density at radius 2 is 2.16 bits per heavy atom. The fourth-order valence-electron chi connectivity index (χ4n) is 2.56. The van der Waals surface area contributed by atoms with Gasteiger partial charge in [0.1, 0.15) is 0 Å². The van der Waals surface area contributed by atoms with Crippen molar-refractivity contribution in [3.63, 3.8) is 0 Å². The third kappa shape index (κ3) is 3.96. The number of carbonyl (C=O) groups is 1. The summed E-state index contributed by atoms with van der Waals surface area (Å²) < 4.78 is 0. The number of benzene rings is 1. The normalized spacial score (nSPS) is 16.4. The zero-order valence-corrected chi connectivity index (χ0v) is 11.6. The highest BCUT2D eigenvalue weighted by atomic mass is 16.1. The second kappa shape index (κ2) is 6.57. The maximum atomic E-state index is 10.9. The van der Waals surface area contributed by atoms with Crippen molar-refractivity contribution >= 4 is 11.6 Å². The second-order valence-corrected chi connectivity index (χ2v) is 5.24. The molecule has 1 fully saturated rings. The number of anilines is 1. The lowest BCUT2D eigenvalue weighted by Crippen LogP contribution is -2.38. The van der Waals surface area contributed by atoms with Crippen molar-refractivity contribution < 1.29 is 4.79 Å². The zero-order chi connectivity index (χ0) is 13.7. The average molecular weight is 261 g/mol. The lowest BCUT2D eigenvalue weighted by molar-refractivity contribution is -0.119. The SMILES string of the molecule is CC(=O)NCC1CCN(c2cccc(CN)c2)CC1. The number of nitrogens with two attached hydrogens (primary N) is 1. The molecule has 1 amide bonds. The number of rotatable bonds is 4. The Hall–Kier alpha value is -1.55. The Bertz CT molecular complexity index is 425. The van der Waals surface area contributed by atoms with Crippen molar-refractivity contribution in [3.8, 4) is 0 Å². The summed E-state index contributed by atoms with van der Waals surface area (Å²) in [5.74, 6) is 0.677. The fraction of sp³-hybridized carbons (Fsp3) is 0.533. The van der Waals surface area contributed by atoms with Gasteiger partial charge in [0.15, 0.2) is 0 Å². The van der Waals surface area contributed by atoms with Gasteiger partial charge in [-0.15, -0.1) is 0 Å². The molecular weight excluding hydrogens is 238 g/mol. The summed E-state index contributed by atoms with van der Waals surface area (Å²) >= 11 is 0. The number of hydrogen-bond donors (Lipinski definition) is 2. The minimum atomic E-state index is 0.0677. The van der Waals surface area contributed by atoms with E-state index in [1.807, 2.05) is 0 Å². The molecule has 1 aliphatic rings. The van der Waals surface area contributed by atoms with E-state index in [-0.39, 0.29) is 5.91 Å². The molecule has 19 heavy (non-hydrogen) atoms. The largest absolute Gasteiger partial charge is 0.372 e. The van der Waals surface area contributed by atoms with Gasteiger partial charge in [0.25, 0.3) is 0 Å². The topological polar surface area (TPSA) is 58.4 Å². The monoisotopic (exact) mass is 261 g/mol. The molecule has 0 unspecified atom stereocenters. The van der Waals surface area contributed by atoms with Crippen LogP contribution in [-0.4, -0.2) is 25.5 Å². The zero-order valence-electron chi connectivity index (χ0n) is 11.6. The number of amides is 1. The van der Waals surface area contributed by atoms with Crippen LogP contribution in [0.15, 0.2) is 24.3 Å². The summed E-state index contributed by atoms with van der Waals surface area (Å²) in [5.41, 5.74) is 8.12. The van der Waals surface area contributed by atoms with Crippen LogP contribution in [0.4, 0.5) is 5.69 Å². The molecule has 1 aliphatic heterocycles. The third-order valence-electron chi connectivity index (χ3n) is 3.77. The Labute approximate surface area is 115 Å². The van der Waals surface area contributed by atoms with Crippen LogP contribution in [0.25, 0.3) is 0 Å². The van der Waals surface area contributed by atoms with Crippen LogP contribution in [0, 0.1) is 5.92 Å². The van der Waals surface area contributed by atoms with Crippen LogP contribution < -0.4 is 16.0 Å². The molecule has 4 heteroatoms. The molecule has 1 saturated heterocycles. The fourth-order valence-corrected chi connectivity index (χ4v) is 2.56. The van der Waals surface area contributed by atoms with E-state index in [4.69, 9.17) is 5.73 Å². The molecular formula is C15H23N3O. The third-order valence-corrected chi connectivity index (χ3v) is 3.77. The van der Waals surface area contributed by atoms with Gasteiger partial charge in [-0.1, -0.05) is 12.1 Å². The smallest absolute Gasteiger partial charge is 0.216 e. The van der Waals surface area contributed by atoms with Gasteiger partial charge < -0.3 is 16.0 Å². The average Bonchev–Trinajstić information content (AvgIpc) is 2.45. The molecule has 1 aromatic rings. The van der Waals surface area contributed by atoms with Crippen molar-refractivity contribution in [3.05, 3.63) is 29.8 Å². The molecule has 1 heterocycles. The van der Waals surface area contributed by atoms with Crippen LogP contribution in [-0.2, 0) is 11.3 Å². The van der Waals surface area contributed by atoms with Crippen molar-refractivity contribution in [2.24, 2.45) is 11.7 Å². The van der Waals surface area contributed by atoms with E-state index in [0.717, 1.165) is 32.5 Å². The Morgan fingerprint density at radius 1 is 1.42 bits per heavy atom. The molecule has 104 valence electrons. The van der Waals surface area contributed by atoms with Crippen LogP contribution in [0.2, 0.25) is 0 Å². The molecule has 2 rings (SSSR count). The minimum Gasteiger partial charge on any atom is -0.372 e. The first-order valence-electron chi connectivity index (χ1n) is 6.97. The summed E-state index contributed by atoms with van der Waals surface area (Å²) in [4.78, 5) is 13.3. The minimum absolute atomic E-state index is 0.0677. The van der Waals surface area contributed by atoms with Gasteiger partial charge in [-0.05, 0) is 36.5 Å². The number of nitrogens with zero attached hydrogens (tertiary/aromatic N) is 1. The maximum absolute atomic E-state index is 10.9. The van der Waals surface area contributed by atoms with E-state index >= 15 is 0 Å². The molecule has 0 atom stereocenters. The maximum Gasteiger partial charge on any atom is 0.216 e. The standard InChI is InChI=1S/C15H23N3O/c1-12(19)17-11-13-5-7-18(8-6-13)15-4-2-3-14(9-15)10-16/h2-4,9,13H,5-8,10-11,16H2,1H3,(H,17,19). The van der Waals surface area contributed by atoms with Crippen LogP contribution in [0.1, 0.15) is 25.3 Å². The van der Waals surface area contributed by atoms with E-state index < -0.39 is 0 Å². The molecule has 4 nitrogen and oxygen atoms in total. The van der Waals surface area contributed by atoms with Crippen LogP contribution in [0.5, 0.6) is 0 Å². The summed E-state index contributed by atoms with van der Waals surface area (Å²) in [6.45, 7) is 5.09. The number of piperidine rings is 1. The second-order valence-electron chi connectivity index (χ2n) is 5.24. The summed E-state index contributed by atoms with van der Waals surface area (Å²) in [5, 5.41) is 2.91. The Kier molecular flexibility index (Phi) is 4.80. The number of hydrogen-bond acceptors (Lipinski definition) is 3. The first-order chi connectivity index (χ1) is 9.19. The van der Waals surface area contributed by atoms with Crippen molar-refractivity contribution in [1.82, 2.24) is 5.32 Å². The lowest BCUT2D eigenvalue weighted by Gasteiger charge is -2.33. The Balaban J connectivity index is 1.87. The van der Waals surface area contributed by atoms with Crippen molar-refractivity contribution in [2.45, 2.75) is 26.3 Å². The molecule has 0 spiro atoms. The summed E-state index contributed by atoms with van der Waals surface area (Å²) in [6, 6.07) is 8.45. The first-order valence-corrected chi connectivity index (χ1v) is 6.97. The summed E-state index contributed by atoms with van der Waals surface area (Å²) in [6.07, 6.45) is 2.26. The van der Waals surface area contributed by atoms with Gasteiger partial charge in [0.2, 0.25) is 5.91 Å². The number of nitrogens with one attached hydrogen (secondary N) is 1. The van der Waals surface area contributed by atoms with Crippen LogP contribution >= 0.6 is 0 Å². The quantitative estimate of drug-likeness (QED) is 0.863. The van der Waals surface area contributed by atoms with Crippen molar-refractivity contribution in [2.75, 3.05) is 24.5 Å². The van der Waals surface area contributed by atoms with Gasteiger partial charge in [0, 0.05) is 38.8 Å². The van der Waals surface area contributed by atoms with Gasteiger partial charge >= 0.3 is 0 Å². The van der Waals surface area contributed by atoms with E-state index in [1.165, 1.54) is 11.3 Å². The van der Waals surface area contributed by atoms with E-state index in [0.29, 0.717) is 12.5 Å². The van der Waals surface area contributed by atoms with Gasteiger partial charge in [-0.3, -0.25) is 4.79 Å². The predicted octanol–water partition coefficient (Wildman–Crippen LogP) is 1.50. The van der Waals surface area contributed by atoms with E-state index in [1.54, 1.807) is 6.92 Å². The molecule has 0 saturated carbocycles. The van der Waals surface area contributed by atoms with E-state index in [2.05, 4.69) is 34.5 Å².